The van der Waals surface area contributed by atoms with E-state index < -0.39 is 39.6 Å². The van der Waals surface area contributed by atoms with Crippen molar-refractivity contribution in [2.24, 2.45) is 11.8 Å². The topological polar surface area (TPSA) is 101 Å². The molecule has 0 saturated carbocycles. The Kier molecular flexibility index (Phi) is 4.33. The molecule has 2 atom stereocenters. The molecule has 0 aromatic rings. The summed E-state index contributed by atoms with van der Waals surface area (Å²) in [7, 11) is -4.50. The Hall–Kier alpha value is -0.353. The summed E-state index contributed by atoms with van der Waals surface area (Å²) in [5.41, 5.74) is 0. The van der Waals surface area contributed by atoms with Crippen molar-refractivity contribution in [3.63, 3.8) is 0 Å². The monoisotopic (exact) mass is 214 g/mol. The van der Waals surface area contributed by atoms with Gasteiger partial charge in [0, 0.05) is 0 Å². The van der Waals surface area contributed by atoms with E-state index in [1.54, 1.807) is 0 Å². The summed E-state index contributed by atoms with van der Waals surface area (Å²) in [6.07, 6.45) is 0. The van der Waals surface area contributed by atoms with Crippen molar-refractivity contribution in [3.05, 3.63) is 0 Å². The molecule has 0 spiro atoms. The average molecular weight is 214 g/mol. The molecular weight excluding hydrogens is 207 g/mol. The number of ether oxygens (including phenoxy) is 1. The molecule has 1 rings (SSSR count). The molecule has 0 amide bonds. The van der Waals surface area contributed by atoms with Gasteiger partial charge in [0.1, 0.15) is 0 Å². The van der Waals surface area contributed by atoms with Crippen LogP contribution < -0.4 is 18.9 Å². The van der Waals surface area contributed by atoms with E-state index in [4.69, 9.17) is 0 Å². The third-order valence-corrected chi connectivity index (χ3v) is 2.63. The van der Waals surface area contributed by atoms with E-state index in [-0.39, 0.29) is 18.9 Å². The molecule has 74 valence electrons. The predicted molar refractivity (Wildman–Crippen MR) is 38.3 cm³/mol. The van der Waals surface area contributed by atoms with Crippen molar-refractivity contribution in [2.45, 2.75) is 6.92 Å². The third kappa shape index (κ3) is 3.10. The average Bonchev–Trinajstić information content (AvgIpc) is 2.14. The smallest absolute Gasteiger partial charge is 0.748 e. The zero-order valence-corrected chi connectivity index (χ0v) is 8.54. The summed E-state index contributed by atoms with van der Waals surface area (Å²) < 4.78 is 35.1. The van der Waals surface area contributed by atoms with Gasteiger partial charge in [0.2, 0.25) is 0 Å². The van der Waals surface area contributed by atoms with Gasteiger partial charge < -0.3 is 9.29 Å². The minimum absolute atomic E-state index is 0. The second-order valence-electron chi connectivity index (χ2n) is 2.86. The number of hydrogen-bond donors (Lipinski definition) is 0. The molecule has 6 nitrogen and oxygen atoms in total. The first-order chi connectivity index (χ1) is 5.81. The van der Waals surface area contributed by atoms with Gasteiger partial charge >= 0.3 is 30.8 Å². The van der Waals surface area contributed by atoms with Crippen LogP contribution in [0.5, 0.6) is 0 Å². The Labute approximate surface area is 92.9 Å². The maximum Gasteiger partial charge on any atom is 1.00 e. The fraction of sp³-hybridized carbons (Fsp3) is 0.667. The molecule has 0 N–H and O–H groups in total. The first-order valence-corrected chi connectivity index (χ1v) is 5.08. The Balaban J connectivity index is 0.00000169. The molecular formula is C6H7LiO6S. The van der Waals surface area contributed by atoms with Crippen molar-refractivity contribution in [2.75, 3.05) is 5.75 Å². The fourth-order valence-corrected chi connectivity index (χ4v) is 1.93. The van der Waals surface area contributed by atoms with Crippen LogP contribution in [0.4, 0.5) is 0 Å². The first kappa shape index (κ1) is 13.6. The van der Waals surface area contributed by atoms with Crippen molar-refractivity contribution >= 4 is 22.1 Å². The number of carbonyl (C=O) groups excluding carboxylic acids is 2. The molecule has 1 saturated heterocycles. The maximum atomic E-state index is 10.8. The summed E-state index contributed by atoms with van der Waals surface area (Å²) in [4.78, 5) is 21.6. The molecule has 0 aliphatic carbocycles. The number of hydrogen-bond acceptors (Lipinski definition) is 6. The summed E-state index contributed by atoms with van der Waals surface area (Å²) in [5.74, 6) is -4.58. The van der Waals surface area contributed by atoms with Crippen molar-refractivity contribution in [1.29, 1.82) is 0 Å². The van der Waals surface area contributed by atoms with Crippen LogP contribution in [0.25, 0.3) is 0 Å². The SMILES string of the molecule is CC1C(=O)OC(=O)C1CS(=O)(=O)[O-].[Li+]. The number of cyclic esters (lactones) is 2. The van der Waals surface area contributed by atoms with Gasteiger partial charge in [-0.2, -0.15) is 0 Å². The van der Waals surface area contributed by atoms with Gasteiger partial charge in [0.25, 0.3) is 0 Å². The standard InChI is InChI=1S/C6H8O6S.Li/c1-3-4(2-13(9,10)11)6(8)12-5(3)7;/h3-4H,2H2,1H3,(H,9,10,11);/q;+1/p-1. The minimum atomic E-state index is -4.50. The van der Waals surface area contributed by atoms with Gasteiger partial charge in [-0.1, -0.05) is 6.92 Å². The van der Waals surface area contributed by atoms with Crippen LogP contribution in [0, 0.1) is 11.8 Å². The Morgan fingerprint density at radius 3 is 2.14 bits per heavy atom. The molecule has 8 heteroatoms. The number of esters is 2. The van der Waals surface area contributed by atoms with Crippen molar-refractivity contribution < 1.29 is 46.2 Å². The molecule has 1 aliphatic heterocycles. The summed E-state index contributed by atoms with van der Waals surface area (Å²) in [6.45, 7) is 1.35. The molecule has 0 aromatic heterocycles. The quantitative estimate of drug-likeness (QED) is 0.200. The summed E-state index contributed by atoms with van der Waals surface area (Å²) >= 11 is 0. The van der Waals surface area contributed by atoms with E-state index >= 15 is 0 Å². The molecule has 0 radical (unpaired) electrons. The van der Waals surface area contributed by atoms with Gasteiger partial charge in [0.15, 0.2) is 0 Å². The van der Waals surface area contributed by atoms with Crippen LogP contribution in [0.1, 0.15) is 6.92 Å². The van der Waals surface area contributed by atoms with E-state index in [1.165, 1.54) is 6.92 Å². The molecule has 1 aliphatic rings. The van der Waals surface area contributed by atoms with E-state index in [0.29, 0.717) is 0 Å². The van der Waals surface area contributed by atoms with E-state index in [2.05, 4.69) is 4.74 Å². The van der Waals surface area contributed by atoms with Crippen LogP contribution in [-0.4, -0.2) is 30.7 Å². The van der Waals surface area contributed by atoms with Gasteiger partial charge in [-0.05, 0) is 0 Å². The molecule has 14 heavy (non-hydrogen) atoms. The maximum absolute atomic E-state index is 10.8. The van der Waals surface area contributed by atoms with Crippen LogP contribution in [0.2, 0.25) is 0 Å². The third-order valence-electron chi connectivity index (χ3n) is 1.86. The zero-order valence-electron chi connectivity index (χ0n) is 7.72. The van der Waals surface area contributed by atoms with Crippen LogP contribution in [0.15, 0.2) is 0 Å². The number of carbonyl (C=O) groups is 2. The predicted octanol–water partition coefficient (Wildman–Crippen LogP) is -4.13. The van der Waals surface area contributed by atoms with E-state index in [9.17, 15) is 22.6 Å². The molecule has 0 bridgehead atoms. The largest absolute Gasteiger partial charge is 1.00 e. The van der Waals surface area contributed by atoms with Gasteiger partial charge in [-0.3, -0.25) is 9.59 Å². The number of rotatable bonds is 2. The Morgan fingerprint density at radius 1 is 1.36 bits per heavy atom. The van der Waals surface area contributed by atoms with Crippen molar-refractivity contribution in [1.82, 2.24) is 0 Å². The minimum Gasteiger partial charge on any atom is -0.748 e. The fourth-order valence-electron chi connectivity index (χ4n) is 1.07. The summed E-state index contributed by atoms with van der Waals surface area (Å²) in [6, 6.07) is 0. The molecule has 1 heterocycles. The van der Waals surface area contributed by atoms with Gasteiger partial charge in [0.05, 0.1) is 27.7 Å². The Morgan fingerprint density at radius 2 is 1.86 bits per heavy atom. The van der Waals surface area contributed by atoms with E-state index in [1.807, 2.05) is 0 Å². The zero-order chi connectivity index (χ0) is 10.2. The molecule has 2 unspecified atom stereocenters. The second-order valence-corrected chi connectivity index (χ2v) is 4.31. The van der Waals surface area contributed by atoms with Gasteiger partial charge in [-0.15, -0.1) is 0 Å². The van der Waals surface area contributed by atoms with E-state index in [0.717, 1.165) is 0 Å². The normalized spacial score (nSPS) is 27.0. The second kappa shape index (κ2) is 4.44. The first-order valence-electron chi connectivity index (χ1n) is 3.50. The summed E-state index contributed by atoms with van der Waals surface area (Å²) in [5, 5.41) is 0. The Bertz CT molecular complexity index is 347. The van der Waals surface area contributed by atoms with Crippen molar-refractivity contribution in [3.8, 4) is 0 Å². The van der Waals surface area contributed by atoms with Crippen LogP contribution in [0.3, 0.4) is 0 Å². The van der Waals surface area contributed by atoms with Crippen LogP contribution >= 0.6 is 0 Å². The molecule has 0 aromatic carbocycles. The van der Waals surface area contributed by atoms with Gasteiger partial charge in [-0.25, -0.2) is 8.42 Å². The molecule has 1 fully saturated rings. The van der Waals surface area contributed by atoms with Crippen LogP contribution in [-0.2, 0) is 24.4 Å².